The number of urea groups is 1. The highest BCUT2D eigenvalue weighted by atomic mass is 16.5. The van der Waals surface area contributed by atoms with Gasteiger partial charge in [0.15, 0.2) is 0 Å². The minimum absolute atomic E-state index is 0.0530. The molecule has 1 aromatic carbocycles. The molecule has 1 heterocycles. The number of hydrogen-bond donors (Lipinski definition) is 2. The van der Waals surface area contributed by atoms with Gasteiger partial charge in [0.05, 0.1) is 6.61 Å². The highest BCUT2D eigenvalue weighted by molar-refractivity contribution is 5.74. The van der Waals surface area contributed by atoms with E-state index in [1.54, 1.807) is 0 Å². The summed E-state index contributed by atoms with van der Waals surface area (Å²) in [5.41, 5.74) is 1.51. The second-order valence-electron chi connectivity index (χ2n) is 6.29. The molecule has 0 radical (unpaired) electrons. The number of benzene rings is 1. The van der Waals surface area contributed by atoms with Crippen molar-refractivity contribution in [1.82, 2.24) is 10.6 Å². The van der Waals surface area contributed by atoms with Crippen LogP contribution in [-0.4, -0.2) is 32.3 Å². The number of carbonyl (C=O) groups excluding carboxylic acids is 1. The van der Waals surface area contributed by atoms with Gasteiger partial charge in [-0.15, -0.1) is 0 Å². The Morgan fingerprint density at radius 1 is 1.24 bits per heavy atom. The minimum Gasteiger partial charge on any atom is -0.381 e. The molecule has 2 N–H and O–H groups in total. The van der Waals surface area contributed by atoms with Crippen LogP contribution >= 0.6 is 0 Å². The summed E-state index contributed by atoms with van der Waals surface area (Å²) < 4.78 is 5.42. The van der Waals surface area contributed by atoms with Crippen LogP contribution < -0.4 is 10.6 Å². The van der Waals surface area contributed by atoms with Gasteiger partial charge >= 0.3 is 6.03 Å². The molecule has 2 amide bonds. The van der Waals surface area contributed by atoms with Crippen LogP contribution in [0.5, 0.6) is 0 Å². The molecule has 114 valence electrons. The fourth-order valence-electron chi connectivity index (χ4n) is 3.03. The molecule has 1 atom stereocenters. The van der Waals surface area contributed by atoms with Crippen molar-refractivity contribution in [3.8, 4) is 0 Å². The lowest BCUT2D eigenvalue weighted by molar-refractivity contribution is 0.0557. The van der Waals surface area contributed by atoms with Crippen molar-refractivity contribution in [1.29, 1.82) is 0 Å². The van der Waals surface area contributed by atoms with E-state index in [4.69, 9.17) is 4.74 Å². The van der Waals surface area contributed by atoms with Crippen molar-refractivity contribution >= 4 is 6.03 Å². The molecule has 3 rings (SSSR count). The third-order valence-electron chi connectivity index (χ3n) is 4.63. The van der Waals surface area contributed by atoms with Crippen LogP contribution in [0.25, 0.3) is 0 Å². The molecule has 1 unspecified atom stereocenters. The van der Waals surface area contributed by atoms with E-state index in [1.165, 1.54) is 5.56 Å². The maximum atomic E-state index is 11.9. The van der Waals surface area contributed by atoms with Crippen molar-refractivity contribution < 1.29 is 9.53 Å². The van der Waals surface area contributed by atoms with Gasteiger partial charge in [0.25, 0.3) is 0 Å². The average molecular weight is 288 g/mol. The van der Waals surface area contributed by atoms with Crippen LogP contribution in [0.3, 0.4) is 0 Å². The van der Waals surface area contributed by atoms with Crippen LogP contribution in [0.15, 0.2) is 30.3 Å². The second-order valence-corrected chi connectivity index (χ2v) is 6.29. The lowest BCUT2D eigenvalue weighted by Gasteiger charge is -2.23. The summed E-state index contributed by atoms with van der Waals surface area (Å²) in [6.45, 7) is 3.07. The molecule has 1 aliphatic carbocycles. The lowest BCUT2D eigenvalue weighted by Crippen LogP contribution is -2.42. The Labute approximate surface area is 126 Å². The molecule has 0 aromatic heterocycles. The Balaban J connectivity index is 1.41. The molecule has 1 aromatic rings. The molecular weight excluding hydrogens is 264 g/mol. The van der Waals surface area contributed by atoms with Crippen LogP contribution in [0.2, 0.25) is 0 Å². The zero-order chi connectivity index (χ0) is 14.5. The SMILES string of the molecule is O=C(NCC1CCCOC1)NCC1(c2ccccc2)CC1. The van der Waals surface area contributed by atoms with Gasteiger partial charge in [0.2, 0.25) is 0 Å². The number of ether oxygens (including phenoxy) is 1. The van der Waals surface area contributed by atoms with Gasteiger partial charge in [-0.1, -0.05) is 30.3 Å². The average Bonchev–Trinajstić information content (AvgIpc) is 3.34. The fraction of sp³-hybridized carbons (Fsp3) is 0.588. The standard InChI is InChI=1S/C17H24N2O2/c20-16(18-11-14-5-4-10-21-12-14)19-13-17(8-9-17)15-6-2-1-3-7-15/h1-3,6-7,14H,4-5,8-13H2,(H2,18,19,20). The molecule has 4 heteroatoms. The Bertz CT molecular complexity index is 465. The van der Waals surface area contributed by atoms with Gasteiger partial charge in [-0.3, -0.25) is 0 Å². The van der Waals surface area contributed by atoms with Crippen molar-refractivity contribution in [2.45, 2.75) is 31.1 Å². The zero-order valence-electron chi connectivity index (χ0n) is 12.4. The van der Waals surface area contributed by atoms with E-state index in [9.17, 15) is 4.79 Å². The quantitative estimate of drug-likeness (QED) is 0.874. The van der Waals surface area contributed by atoms with E-state index >= 15 is 0 Å². The van der Waals surface area contributed by atoms with Crippen molar-refractivity contribution in [2.24, 2.45) is 5.92 Å². The first-order valence-electron chi connectivity index (χ1n) is 7.93. The topological polar surface area (TPSA) is 50.4 Å². The molecule has 1 saturated heterocycles. The first kappa shape index (κ1) is 14.4. The number of carbonyl (C=O) groups is 1. The van der Waals surface area contributed by atoms with Crippen LogP contribution in [0.4, 0.5) is 4.79 Å². The third-order valence-corrected chi connectivity index (χ3v) is 4.63. The Kier molecular flexibility index (Phi) is 4.44. The third kappa shape index (κ3) is 3.76. The van der Waals surface area contributed by atoms with Crippen molar-refractivity contribution in [3.05, 3.63) is 35.9 Å². The summed E-state index contributed by atoms with van der Waals surface area (Å²) in [6.07, 6.45) is 4.57. The number of rotatable bonds is 5. The summed E-state index contributed by atoms with van der Waals surface area (Å²) in [7, 11) is 0. The maximum Gasteiger partial charge on any atom is 0.314 e. The molecule has 4 nitrogen and oxygen atoms in total. The molecule has 1 saturated carbocycles. The minimum atomic E-state index is -0.0530. The Morgan fingerprint density at radius 3 is 2.71 bits per heavy atom. The lowest BCUT2D eigenvalue weighted by atomic mass is 9.96. The van der Waals surface area contributed by atoms with Crippen LogP contribution in [0.1, 0.15) is 31.2 Å². The van der Waals surface area contributed by atoms with E-state index in [1.807, 2.05) is 6.07 Å². The predicted octanol–water partition coefficient (Wildman–Crippen LogP) is 2.44. The van der Waals surface area contributed by atoms with Gasteiger partial charge in [-0.25, -0.2) is 4.79 Å². The highest BCUT2D eigenvalue weighted by Crippen LogP contribution is 2.47. The molecule has 2 aliphatic rings. The second kappa shape index (κ2) is 6.48. The predicted molar refractivity (Wildman–Crippen MR) is 82.3 cm³/mol. The summed E-state index contributed by atoms with van der Waals surface area (Å²) in [4.78, 5) is 11.9. The zero-order valence-corrected chi connectivity index (χ0v) is 12.4. The number of amides is 2. The van der Waals surface area contributed by atoms with Gasteiger partial charge in [0, 0.05) is 25.1 Å². The summed E-state index contributed by atoms with van der Waals surface area (Å²) in [5.74, 6) is 0.466. The molecule has 1 aliphatic heterocycles. The summed E-state index contributed by atoms with van der Waals surface area (Å²) in [5, 5.41) is 6.01. The van der Waals surface area contributed by atoms with Gasteiger partial charge < -0.3 is 15.4 Å². The monoisotopic (exact) mass is 288 g/mol. The largest absolute Gasteiger partial charge is 0.381 e. The Morgan fingerprint density at radius 2 is 2.05 bits per heavy atom. The van der Waals surface area contributed by atoms with E-state index in [0.717, 1.165) is 45.4 Å². The smallest absolute Gasteiger partial charge is 0.314 e. The highest BCUT2D eigenvalue weighted by Gasteiger charge is 2.44. The molecule has 21 heavy (non-hydrogen) atoms. The van der Waals surface area contributed by atoms with E-state index in [2.05, 4.69) is 34.9 Å². The number of hydrogen-bond acceptors (Lipinski definition) is 2. The molecule has 0 spiro atoms. The number of nitrogens with one attached hydrogen (secondary N) is 2. The van der Waals surface area contributed by atoms with E-state index < -0.39 is 0 Å². The van der Waals surface area contributed by atoms with E-state index in [0.29, 0.717) is 12.5 Å². The van der Waals surface area contributed by atoms with Crippen LogP contribution in [-0.2, 0) is 10.2 Å². The Hall–Kier alpha value is -1.55. The fourth-order valence-corrected chi connectivity index (χ4v) is 3.03. The molecule has 2 fully saturated rings. The van der Waals surface area contributed by atoms with Crippen molar-refractivity contribution in [3.63, 3.8) is 0 Å². The normalized spacial score (nSPS) is 23.3. The maximum absolute atomic E-state index is 11.9. The van der Waals surface area contributed by atoms with Gasteiger partial charge in [-0.2, -0.15) is 0 Å². The van der Waals surface area contributed by atoms with Gasteiger partial charge in [-0.05, 0) is 37.2 Å². The van der Waals surface area contributed by atoms with E-state index in [-0.39, 0.29) is 11.4 Å². The molecule has 0 bridgehead atoms. The first-order chi connectivity index (χ1) is 10.3. The molecular formula is C17H24N2O2. The van der Waals surface area contributed by atoms with Gasteiger partial charge in [0.1, 0.15) is 0 Å². The first-order valence-corrected chi connectivity index (χ1v) is 7.93. The van der Waals surface area contributed by atoms with Crippen molar-refractivity contribution in [2.75, 3.05) is 26.3 Å². The summed E-state index contributed by atoms with van der Waals surface area (Å²) >= 11 is 0. The summed E-state index contributed by atoms with van der Waals surface area (Å²) in [6, 6.07) is 10.4. The van der Waals surface area contributed by atoms with Crippen LogP contribution in [0, 0.1) is 5.92 Å².